The molecule has 2 aliphatic carbocycles. The molecule has 1 fully saturated rings. The van der Waals surface area contributed by atoms with Gasteiger partial charge in [-0.05, 0) is 62.3 Å². The normalized spacial score (nSPS) is 18.2. The minimum Gasteiger partial charge on any atom is -0.487 e. The smallest absolute Gasteiger partial charge is 0.311 e. The van der Waals surface area contributed by atoms with Crippen molar-refractivity contribution in [1.82, 2.24) is 4.90 Å². The van der Waals surface area contributed by atoms with Crippen molar-refractivity contribution in [1.29, 1.82) is 0 Å². The van der Waals surface area contributed by atoms with Gasteiger partial charge in [-0.15, -0.1) is 0 Å². The van der Waals surface area contributed by atoms with Gasteiger partial charge in [-0.1, -0.05) is 24.3 Å². The van der Waals surface area contributed by atoms with Gasteiger partial charge in [0.15, 0.2) is 5.75 Å². The number of hydrogen-bond donors (Lipinski definition) is 0. The second-order valence-electron chi connectivity index (χ2n) is 7.42. The number of carbonyl (C=O) groups excluding carboxylic acids is 1. The zero-order valence-electron chi connectivity index (χ0n) is 16.0. The Balaban J connectivity index is 1.69. The zero-order chi connectivity index (χ0) is 19.7. The Labute approximate surface area is 164 Å². The first-order valence-corrected chi connectivity index (χ1v) is 9.92. The molecule has 0 aliphatic heterocycles. The van der Waals surface area contributed by atoms with Gasteiger partial charge in [0.05, 0.1) is 17.6 Å². The Bertz CT molecular complexity index is 907. The number of nitrogens with zero attached hydrogens (tertiary/aromatic N) is 2. The third-order valence-electron chi connectivity index (χ3n) is 5.55. The van der Waals surface area contributed by atoms with E-state index in [4.69, 9.17) is 4.74 Å². The maximum atomic E-state index is 13.4. The lowest BCUT2D eigenvalue weighted by Crippen LogP contribution is -2.38. The molecule has 0 N–H and O–H groups in total. The van der Waals surface area contributed by atoms with Gasteiger partial charge >= 0.3 is 5.69 Å². The van der Waals surface area contributed by atoms with Crippen molar-refractivity contribution in [3.05, 3.63) is 69.3 Å². The second kappa shape index (κ2) is 7.62. The van der Waals surface area contributed by atoms with Gasteiger partial charge < -0.3 is 9.64 Å². The summed E-state index contributed by atoms with van der Waals surface area (Å²) in [7, 11) is 0. The van der Waals surface area contributed by atoms with Crippen molar-refractivity contribution in [3.63, 3.8) is 0 Å². The quantitative estimate of drug-likeness (QED) is 0.539. The maximum absolute atomic E-state index is 13.4. The summed E-state index contributed by atoms with van der Waals surface area (Å²) in [5.41, 5.74) is 2.71. The lowest BCUT2D eigenvalue weighted by atomic mass is 9.86. The zero-order valence-corrected chi connectivity index (χ0v) is 16.0. The molecule has 2 aliphatic rings. The van der Waals surface area contributed by atoms with Crippen LogP contribution in [0, 0.1) is 10.1 Å². The van der Waals surface area contributed by atoms with Crippen molar-refractivity contribution >= 4 is 11.6 Å². The Hall–Kier alpha value is -2.89. The summed E-state index contributed by atoms with van der Waals surface area (Å²) < 4.78 is 5.35. The monoisotopic (exact) mass is 380 g/mol. The average Bonchev–Trinajstić information content (AvgIpc) is 3.54. The molecule has 0 bridgehead atoms. The summed E-state index contributed by atoms with van der Waals surface area (Å²) >= 11 is 0. The van der Waals surface area contributed by atoms with Crippen LogP contribution in [0.25, 0.3) is 0 Å². The highest BCUT2D eigenvalue weighted by Crippen LogP contribution is 2.42. The molecule has 0 spiro atoms. The Kier molecular flexibility index (Phi) is 5.03. The van der Waals surface area contributed by atoms with Crippen LogP contribution in [0.2, 0.25) is 0 Å². The molecule has 1 unspecified atom stereocenters. The number of carbonyl (C=O) groups is 1. The molecule has 6 nitrogen and oxygen atoms in total. The van der Waals surface area contributed by atoms with E-state index in [2.05, 4.69) is 12.1 Å². The molecular weight excluding hydrogens is 356 g/mol. The first-order valence-electron chi connectivity index (χ1n) is 9.92. The lowest BCUT2D eigenvalue weighted by molar-refractivity contribution is -0.385. The van der Waals surface area contributed by atoms with E-state index in [0.717, 1.165) is 32.1 Å². The molecule has 6 heteroatoms. The molecule has 2 aromatic rings. The van der Waals surface area contributed by atoms with Gasteiger partial charge in [-0.3, -0.25) is 14.9 Å². The van der Waals surface area contributed by atoms with Crippen LogP contribution in [-0.2, 0) is 6.42 Å². The number of ether oxygens (including phenoxy) is 1. The van der Waals surface area contributed by atoms with Crippen molar-refractivity contribution in [3.8, 4) is 5.75 Å². The van der Waals surface area contributed by atoms with E-state index in [1.807, 2.05) is 17.0 Å². The summed E-state index contributed by atoms with van der Waals surface area (Å²) in [6, 6.07) is 13.1. The first kappa shape index (κ1) is 18.5. The predicted octanol–water partition coefficient (Wildman–Crippen LogP) is 4.68. The summed E-state index contributed by atoms with van der Waals surface area (Å²) in [6.07, 6.45) is 4.99. The van der Waals surface area contributed by atoms with E-state index in [1.54, 1.807) is 13.0 Å². The van der Waals surface area contributed by atoms with E-state index in [-0.39, 0.29) is 29.4 Å². The van der Waals surface area contributed by atoms with Gasteiger partial charge in [0.25, 0.3) is 5.91 Å². The number of aryl methyl sites for hydroxylation is 1. The van der Waals surface area contributed by atoms with Crippen LogP contribution in [-0.4, -0.2) is 28.4 Å². The third kappa shape index (κ3) is 3.46. The summed E-state index contributed by atoms with van der Waals surface area (Å²) in [5.74, 6) is 0.0698. The fourth-order valence-electron chi connectivity index (χ4n) is 4.15. The van der Waals surface area contributed by atoms with Crippen molar-refractivity contribution in [2.45, 2.75) is 51.1 Å². The van der Waals surface area contributed by atoms with Crippen LogP contribution < -0.4 is 4.74 Å². The standard InChI is InChI=1S/C22H24N2O4/c1-2-28-21-13-10-16(14-20(21)24(26)27)22(25)23(17-11-12-17)19-9-5-7-15-6-3-4-8-18(15)19/h3-4,6,8,10,13-14,17,19H,2,5,7,9,11-12H2,1H3. The highest BCUT2D eigenvalue weighted by atomic mass is 16.6. The molecule has 1 amide bonds. The Morgan fingerprint density at radius 1 is 1.21 bits per heavy atom. The molecule has 0 aromatic heterocycles. The number of amides is 1. The van der Waals surface area contributed by atoms with Crippen molar-refractivity contribution < 1.29 is 14.5 Å². The van der Waals surface area contributed by atoms with Crippen molar-refractivity contribution in [2.24, 2.45) is 0 Å². The lowest BCUT2D eigenvalue weighted by Gasteiger charge is -2.36. The average molecular weight is 380 g/mol. The number of nitro groups is 1. The van der Waals surface area contributed by atoms with Crippen LogP contribution >= 0.6 is 0 Å². The van der Waals surface area contributed by atoms with E-state index < -0.39 is 4.92 Å². The summed E-state index contributed by atoms with van der Waals surface area (Å²) in [4.78, 5) is 26.4. The number of fused-ring (bicyclic) bond motifs is 1. The van der Waals surface area contributed by atoms with Crippen LogP contribution in [0.15, 0.2) is 42.5 Å². The molecule has 2 aromatic carbocycles. The van der Waals surface area contributed by atoms with E-state index in [9.17, 15) is 14.9 Å². The fraction of sp³-hybridized carbons (Fsp3) is 0.409. The largest absolute Gasteiger partial charge is 0.487 e. The SMILES string of the molecule is CCOc1ccc(C(=O)N(C2CC2)C2CCCc3ccccc32)cc1[N+](=O)[O-]. The molecule has 28 heavy (non-hydrogen) atoms. The van der Waals surface area contributed by atoms with Gasteiger partial charge in [-0.25, -0.2) is 0 Å². The molecule has 0 heterocycles. The molecule has 146 valence electrons. The van der Waals surface area contributed by atoms with Crippen LogP contribution in [0.4, 0.5) is 5.69 Å². The van der Waals surface area contributed by atoms with Gasteiger partial charge in [0.1, 0.15) is 0 Å². The van der Waals surface area contributed by atoms with Crippen LogP contribution in [0.1, 0.15) is 60.1 Å². The molecule has 4 rings (SSSR count). The van der Waals surface area contributed by atoms with Gasteiger partial charge in [0.2, 0.25) is 0 Å². The number of hydrogen-bond acceptors (Lipinski definition) is 4. The number of benzene rings is 2. The molecule has 1 atom stereocenters. The Morgan fingerprint density at radius 3 is 2.71 bits per heavy atom. The van der Waals surface area contributed by atoms with Crippen LogP contribution in [0.5, 0.6) is 5.75 Å². The van der Waals surface area contributed by atoms with E-state index >= 15 is 0 Å². The molecular formula is C22H24N2O4. The number of rotatable bonds is 6. The van der Waals surface area contributed by atoms with Gasteiger partial charge in [0, 0.05) is 17.7 Å². The highest BCUT2D eigenvalue weighted by molar-refractivity contribution is 5.96. The Morgan fingerprint density at radius 2 is 2.00 bits per heavy atom. The van der Waals surface area contributed by atoms with Crippen molar-refractivity contribution in [2.75, 3.05) is 6.61 Å². The maximum Gasteiger partial charge on any atom is 0.311 e. The second-order valence-corrected chi connectivity index (χ2v) is 7.42. The molecule has 1 saturated carbocycles. The van der Waals surface area contributed by atoms with Crippen LogP contribution in [0.3, 0.4) is 0 Å². The molecule has 0 radical (unpaired) electrons. The van der Waals surface area contributed by atoms with E-state index in [1.165, 1.54) is 23.3 Å². The minimum atomic E-state index is -0.487. The first-order chi connectivity index (χ1) is 13.6. The predicted molar refractivity (Wildman–Crippen MR) is 106 cm³/mol. The van der Waals surface area contributed by atoms with Gasteiger partial charge in [-0.2, -0.15) is 0 Å². The topological polar surface area (TPSA) is 72.7 Å². The van der Waals surface area contributed by atoms with E-state index in [0.29, 0.717) is 12.2 Å². The summed E-state index contributed by atoms with van der Waals surface area (Å²) in [6.45, 7) is 2.11. The summed E-state index contributed by atoms with van der Waals surface area (Å²) in [5, 5.41) is 11.5. The number of nitro benzene ring substituents is 1. The third-order valence-corrected chi connectivity index (χ3v) is 5.55. The minimum absolute atomic E-state index is 0.0376. The fourth-order valence-corrected chi connectivity index (χ4v) is 4.15. The highest BCUT2D eigenvalue weighted by Gasteiger charge is 2.40. The molecule has 0 saturated heterocycles.